The summed E-state index contributed by atoms with van der Waals surface area (Å²) in [6, 6.07) is 3.91. The Hall–Kier alpha value is -1.58. The van der Waals surface area contributed by atoms with Crippen LogP contribution in [-0.4, -0.2) is 11.0 Å². The molecule has 0 aliphatic rings. The topological polar surface area (TPSA) is 55.2 Å². The molecule has 1 atom stereocenters. The van der Waals surface area contributed by atoms with Crippen molar-refractivity contribution in [1.82, 2.24) is 0 Å². The number of nitro benzene ring substituents is 1. The number of hydrogen-bond acceptors (Lipinski definition) is 3. The third-order valence-electron chi connectivity index (χ3n) is 3.33. The fourth-order valence-electron chi connectivity index (χ4n) is 2.09. The Morgan fingerprint density at radius 1 is 1.28 bits per heavy atom. The lowest BCUT2D eigenvalue weighted by Crippen LogP contribution is -2.25. The Labute approximate surface area is 109 Å². The fraction of sp³-hybridized carbons (Fsp3) is 0.571. The van der Waals surface area contributed by atoms with E-state index in [1.807, 2.05) is 13.0 Å². The van der Waals surface area contributed by atoms with E-state index in [1.165, 1.54) is 0 Å². The number of nitro groups is 1. The summed E-state index contributed by atoms with van der Waals surface area (Å²) in [5, 5.41) is 14.3. The maximum absolute atomic E-state index is 10.9. The number of aryl methyl sites for hydroxylation is 2. The number of rotatable bonds is 5. The van der Waals surface area contributed by atoms with Gasteiger partial charge in [0.05, 0.1) is 4.92 Å². The van der Waals surface area contributed by atoms with E-state index >= 15 is 0 Å². The zero-order chi connectivity index (χ0) is 13.9. The minimum atomic E-state index is -0.328. The van der Waals surface area contributed by atoms with Crippen LogP contribution in [0.2, 0.25) is 0 Å². The van der Waals surface area contributed by atoms with Gasteiger partial charge in [-0.2, -0.15) is 0 Å². The third-order valence-corrected chi connectivity index (χ3v) is 3.33. The molecule has 0 fully saturated rings. The normalized spacial score (nSPS) is 12.6. The fourth-order valence-corrected chi connectivity index (χ4v) is 2.09. The van der Waals surface area contributed by atoms with Crippen LogP contribution in [0.25, 0.3) is 0 Å². The van der Waals surface area contributed by atoms with E-state index in [-0.39, 0.29) is 10.6 Å². The van der Waals surface area contributed by atoms with Gasteiger partial charge in [0.25, 0.3) is 5.69 Å². The van der Waals surface area contributed by atoms with Gasteiger partial charge in [0.2, 0.25) is 0 Å². The van der Waals surface area contributed by atoms with Gasteiger partial charge in [0.15, 0.2) is 0 Å². The van der Waals surface area contributed by atoms with E-state index in [0.29, 0.717) is 17.5 Å². The molecule has 0 radical (unpaired) electrons. The van der Waals surface area contributed by atoms with Crippen molar-refractivity contribution in [1.29, 1.82) is 0 Å². The summed E-state index contributed by atoms with van der Waals surface area (Å²) in [7, 11) is 0. The van der Waals surface area contributed by atoms with Crippen molar-refractivity contribution >= 4 is 11.4 Å². The molecule has 0 aliphatic heterocycles. The molecule has 0 bridgehead atoms. The molecule has 0 aliphatic carbocycles. The lowest BCUT2D eigenvalue weighted by Gasteiger charge is -2.23. The third kappa shape index (κ3) is 3.22. The molecule has 0 saturated heterocycles. The van der Waals surface area contributed by atoms with E-state index in [9.17, 15) is 10.1 Å². The van der Waals surface area contributed by atoms with Crippen LogP contribution >= 0.6 is 0 Å². The maximum Gasteiger partial charge on any atom is 0.272 e. The van der Waals surface area contributed by atoms with Gasteiger partial charge in [-0.1, -0.05) is 20.8 Å². The van der Waals surface area contributed by atoms with Gasteiger partial charge in [0.1, 0.15) is 0 Å². The second-order valence-electron chi connectivity index (χ2n) is 5.11. The highest BCUT2D eigenvalue weighted by Gasteiger charge is 2.16. The summed E-state index contributed by atoms with van der Waals surface area (Å²) in [6.07, 6.45) is 1.03. The first-order valence-corrected chi connectivity index (χ1v) is 6.39. The Morgan fingerprint density at radius 2 is 1.89 bits per heavy atom. The van der Waals surface area contributed by atoms with Crippen molar-refractivity contribution < 1.29 is 4.92 Å². The minimum Gasteiger partial charge on any atom is -0.382 e. The van der Waals surface area contributed by atoms with Crippen molar-refractivity contribution in [3.05, 3.63) is 33.4 Å². The van der Waals surface area contributed by atoms with Crippen LogP contribution in [0.4, 0.5) is 11.4 Å². The smallest absolute Gasteiger partial charge is 0.272 e. The van der Waals surface area contributed by atoms with Crippen LogP contribution in [0, 0.1) is 29.9 Å². The molecule has 0 heterocycles. The lowest BCUT2D eigenvalue weighted by atomic mass is 10.00. The zero-order valence-corrected chi connectivity index (χ0v) is 11.8. The van der Waals surface area contributed by atoms with Crippen LogP contribution in [0.3, 0.4) is 0 Å². The summed E-state index contributed by atoms with van der Waals surface area (Å²) >= 11 is 0. The average molecular weight is 250 g/mol. The van der Waals surface area contributed by atoms with Gasteiger partial charge in [-0.25, -0.2) is 0 Å². The van der Waals surface area contributed by atoms with Crippen LogP contribution in [0.15, 0.2) is 12.1 Å². The first kappa shape index (κ1) is 14.5. The minimum absolute atomic E-state index is 0.190. The average Bonchev–Trinajstić information content (AvgIpc) is 2.28. The monoisotopic (exact) mass is 250 g/mol. The predicted octanol–water partition coefficient (Wildman–Crippen LogP) is 4.06. The molecule has 100 valence electrons. The SMILES string of the molecule is CCC(Nc1cc(C)c([N+](=O)[O-])cc1C)C(C)C. The zero-order valence-electron chi connectivity index (χ0n) is 11.8. The number of nitrogens with one attached hydrogen (secondary N) is 1. The van der Waals surface area contributed by atoms with E-state index in [0.717, 1.165) is 17.7 Å². The maximum atomic E-state index is 10.9. The molecule has 0 spiro atoms. The molecule has 1 rings (SSSR count). The quantitative estimate of drug-likeness (QED) is 0.633. The van der Waals surface area contributed by atoms with Gasteiger partial charge in [-0.15, -0.1) is 0 Å². The van der Waals surface area contributed by atoms with E-state index in [4.69, 9.17) is 0 Å². The van der Waals surface area contributed by atoms with Gasteiger partial charge in [-0.3, -0.25) is 10.1 Å². The van der Waals surface area contributed by atoms with Gasteiger partial charge >= 0.3 is 0 Å². The van der Waals surface area contributed by atoms with E-state index in [1.54, 1.807) is 13.0 Å². The highest BCUT2D eigenvalue weighted by atomic mass is 16.6. The summed E-state index contributed by atoms with van der Waals surface area (Å²) in [4.78, 5) is 10.5. The molecule has 1 unspecified atom stereocenters. The van der Waals surface area contributed by atoms with E-state index < -0.39 is 0 Å². The first-order valence-electron chi connectivity index (χ1n) is 6.39. The van der Waals surface area contributed by atoms with Crippen molar-refractivity contribution in [3.8, 4) is 0 Å². The Morgan fingerprint density at radius 3 is 2.33 bits per heavy atom. The van der Waals surface area contributed by atoms with Gasteiger partial charge in [0, 0.05) is 23.4 Å². The standard InChI is InChI=1S/C14H22N2O2/c1-6-12(9(2)3)15-13-7-11(5)14(16(17)18)8-10(13)4/h7-9,12,15H,6H2,1-5H3. The highest BCUT2D eigenvalue weighted by Crippen LogP contribution is 2.27. The molecule has 0 aromatic heterocycles. The number of anilines is 1. The number of hydrogen-bond donors (Lipinski definition) is 1. The van der Waals surface area contributed by atoms with E-state index in [2.05, 4.69) is 26.1 Å². The van der Waals surface area contributed by atoms with Crippen LogP contribution in [0.5, 0.6) is 0 Å². The number of benzene rings is 1. The summed E-state index contributed by atoms with van der Waals surface area (Å²) in [5.74, 6) is 0.532. The molecule has 18 heavy (non-hydrogen) atoms. The van der Waals surface area contributed by atoms with Crippen molar-refractivity contribution in [2.45, 2.75) is 47.1 Å². The largest absolute Gasteiger partial charge is 0.382 e. The molecular weight excluding hydrogens is 228 g/mol. The van der Waals surface area contributed by atoms with Crippen molar-refractivity contribution in [2.24, 2.45) is 5.92 Å². The molecule has 0 saturated carbocycles. The van der Waals surface area contributed by atoms with Gasteiger partial charge < -0.3 is 5.32 Å². The van der Waals surface area contributed by atoms with Crippen LogP contribution in [-0.2, 0) is 0 Å². The van der Waals surface area contributed by atoms with Gasteiger partial charge in [-0.05, 0) is 37.8 Å². The van der Waals surface area contributed by atoms with Crippen LogP contribution in [0.1, 0.15) is 38.3 Å². The molecule has 1 aromatic carbocycles. The molecular formula is C14H22N2O2. The molecule has 1 aromatic rings. The predicted molar refractivity (Wildman–Crippen MR) is 75.1 cm³/mol. The summed E-state index contributed by atoms with van der Waals surface area (Å²) in [5.41, 5.74) is 2.81. The number of nitrogens with zero attached hydrogens (tertiary/aromatic N) is 1. The summed E-state index contributed by atoms with van der Waals surface area (Å²) < 4.78 is 0. The van der Waals surface area contributed by atoms with Crippen LogP contribution < -0.4 is 5.32 Å². The first-order chi connectivity index (χ1) is 8.36. The molecule has 0 amide bonds. The second kappa shape index (κ2) is 5.85. The molecule has 4 heteroatoms. The Kier molecular flexibility index (Phi) is 4.70. The Balaban J connectivity index is 3.04. The summed E-state index contributed by atoms with van der Waals surface area (Å²) in [6.45, 7) is 10.2. The molecule has 4 nitrogen and oxygen atoms in total. The van der Waals surface area contributed by atoms with Crippen molar-refractivity contribution in [3.63, 3.8) is 0 Å². The molecule has 1 N–H and O–H groups in total. The Bertz CT molecular complexity index is 442. The lowest BCUT2D eigenvalue weighted by molar-refractivity contribution is -0.385. The second-order valence-corrected chi connectivity index (χ2v) is 5.11. The highest BCUT2D eigenvalue weighted by molar-refractivity contribution is 5.59. The van der Waals surface area contributed by atoms with Crippen molar-refractivity contribution in [2.75, 3.05) is 5.32 Å².